The van der Waals surface area contributed by atoms with Crippen molar-refractivity contribution in [1.29, 1.82) is 0 Å². The first kappa shape index (κ1) is 20.2. The molecule has 2 fully saturated rings. The van der Waals surface area contributed by atoms with E-state index in [-0.39, 0.29) is 6.03 Å². The number of hydrogen-bond donors (Lipinski definition) is 1. The molecular weight excluding hydrogens is 412 g/mol. The van der Waals surface area contributed by atoms with E-state index >= 15 is 0 Å². The third kappa shape index (κ3) is 4.34. The molecule has 2 aliphatic rings. The third-order valence-electron chi connectivity index (χ3n) is 5.93. The van der Waals surface area contributed by atoms with E-state index in [4.69, 9.17) is 10.5 Å². The van der Waals surface area contributed by atoms with Crippen LogP contribution in [-0.4, -0.2) is 83.2 Å². The van der Waals surface area contributed by atoms with E-state index in [9.17, 15) is 4.79 Å². The van der Waals surface area contributed by atoms with Crippen LogP contribution in [0.25, 0.3) is 20.7 Å². The maximum atomic E-state index is 12.6. The molecule has 2 aliphatic heterocycles. The Kier molecular flexibility index (Phi) is 5.71. The van der Waals surface area contributed by atoms with E-state index in [0.29, 0.717) is 32.1 Å². The fraction of sp³-hybridized carbons (Fsp3) is 0.409. The van der Waals surface area contributed by atoms with Crippen molar-refractivity contribution in [3.63, 3.8) is 0 Å². The number of morpholine rings is 1. The molecule has 0 radical (unpaired) electrons. The molecule has 31 heavy (non-hydrogen) atoms. The van der Waals surface area contributed by atoms with Crippen LogP contribution in [0.2, 0.25) is 0 Å². The maximum absolute atomic E-state index is 12.6. The minimum atomic E-state index is 0.154. The van der Waals surface area contributed by atoms with Crippen LogP contribution in [0.5, 0.6) is 0 Å². The molecule has 0 bridgehead atoms. The summed E-state index contributed by atoms with van der Waals surface area (Å²) in [5, 5.41) is 0.913. The van der Waals surface area contributed by atoms with Gasteiger partial charge < -0.3 is 20.3 Å². The Morgan fingerprint density at radius 2 is 1.71 bits per heavy atom. The van der Waals surface area contributed by atoms with Crippen molar-refractivity contribution in [2.45, 2.75) is 6.54 Å². The number of carbonyl (C=O) groups excluding carboxylic acids is 1. The van der Waals surface area contributed by atoms with Gasteiger partial charge in [0.25, 0.3) is 0 Å². The predicted molar refractivity (Wildman–Crippen MR) is 122 cm³/mol. The van der Waals surface area contributed by atoms with Crippen LogP contribution in [0.3, 0.4) is 0 Å². The zero-order valence-corrected chi connectivity index (χ0v) is 18.2. The smallest absolute Gasteiger partial charge is 0.320 e. The number of nitrogen functional groups attached to an aromatic ring is 1. The van der Waals surface area contributed by atoms with Crippen LogP contribution in [0.4, 0.5) is 10.6 Å². The summed E-state index contributed by atoms with van der Waals surface area (Å²) in [7, 11) is 0. The van der Waals surface area contributed by atoms with E-state index in [1.165, 1.54) is 11.9 Å². The van der Waals surface area contributed by atoms with E-state index in [0.717, 1.165) is 53.4 Å². The van der Waals surface area contributed by atoms with Gasteiger partial charge in [0, 0.05) is 50.7 Å². The van der Waals surface area contributed by atoms with Gasteiger partial charge in [-0.3, -0.25) is 4.90 Å². The van der Waals surface area contributed by atoms with Crippen molar-refractivity contribution in [3.05, 3.63) is 42.2 Å². The highest BCUT2D eigenvalue weighted by molar-refractivity contribution is 7.21. The lowest BCUT2D eigenvalue weighted by atomic mass is 10.1. The van der Waals surface area contributed by atoms with E-state index in [2.05, 4.69) is 45.2 Å². The first-order valence-electron chi connectivity index (χ1n) is 10.6. The first-order valence-corrected chi connectivity index (χ1v) is 11.4. The first-order chi connectivity index (χ1) is 15.2. The van der Waals surface area contributed by atoms with Gasteiger partial charge in [-0.05, 0) is 17.2 Å². The molecule has 0 unspecified atom stereocenters. The normalized spacial score (nSPS) is 17.9. The number of anilines is 1. The molecule has 3 aromatic rings. The number of nitrogens with two attached hydrogens (primary N) is 1. The number of ether oxygens (including phenoxy) is 1. The number of urea groups is 1. The van der Waals surface area contributed by atoms with Crippen molar-refractivity contribution in [3.8, 4) is 10.4 Å². The highest BCUT2D eigenvalue weighted by Gasteiger charge is 2.26. The number of piperazine rings is 1. The fourth-order valence-electron chi connectivity index (χ4n) is 4.10. The van der Waals surface area contributed by atoms with Gasteiger partial charge in [0.1, 0.15) is 17.0 Å². The van der Waals surface area contributed by atoms with E-state index < -0.39 is 0 Å². The summed E-state index contributed by atoms with van der Waals surface area (Å²) < 4.78 is 5.35. The molecule has 2 aromatic heterocycles. The summed E-state index contributed by atoms with van der Waals surface area (Å²) in [5.74, 6) is 0.523. The molecule has 0 atom stereocenters. The van der Waals surface area contributed by atoms with Gasteiger partial charge in [0.2, 0.25) is 0 Å². The summed E-state index contributed by atoms with van der Waals surface area (Å²) >= 11 is 1.63. The Morgan fingerprint density at radius 1 is 1.00 bits per heavy atom. The average Bonchev–Trinajstić information content (AvgIpc) is 3.26. The standard InChI is InChI=1S/C22H26N6O2S/c23-20-18-13-19(31-21(18)25-15-24-20)17-3-1-16(2-4-17)14-26-5-7-27(8-6-26)22(29)28-9-11-30-12-10-28/h1-4,13,15H,5-12,14H2,(H2,23,24,25). The monoisotopic (exact) mass is 438 g/mol. The second-order valence-corrected chi connectivity index (χ2v) is 8.96. The summed E-state index contributed by atoms with van der Waals surface area (Å²) in [5.41, 5.74) is 8.40. The molecular formula is C22H26N6O2S. The van der Waals surface area contributed by atoms with Gasteiger partial charge in [0.05, 0.1) is 18.6 Å². The molecule has 2 saturated heterocycles. The number of amides is 2. The highest BCUT2D eigenvalue weighted by Crippen LogP contribution is 2.34. The van der Waals surface area contributed by atoms with Gasteiger partial charge in [-0.25, -0.2) is 14.8 Å². The molecule has 2 amide bonds. The van der Waals surface area contributed by atoms with Crippen LogP contribution in [-0.2, 0) is 11.3 Å². The number of nitrogens with zero attached hydrogens (tertiary/aromatic N) is 5. The number of thiophene rings is 1. The Balaban J connectivity index is 1.18. The molecule has 9 heteroatoms. The number of carbonyl (C=O) groups is 1. The molecule has 5 rings (SSSR count). The number of hydrogen-bond acceptors (Lipinski definition) is 7. The Labute approximate surface area is 185 Å². The van der Waals surface area contributed by atoms with E-state index in [1.54, 1.807) is 11.3 Å². The lowest BCUT2D eigenvalue weighted by molar-refractivity contribution is 0.0373. The second-order valence-electron chi connectivity index (χ2n) is 7.93. The molecule has 0 saturated carbocycles. The predicted octanol–water partition coefficient (Wildman–Crippen LogP) is 2.51. The van der Waals surface area contributed by atoms with Crippen LogP contribution in [0.15, 0.2) is 36.7 Å². The summed E-state index contributed by atoms with van der Waals surface area (Å²) in [4.78, 5) is 29.4. The van der Waals surface area contributed by atoms with E-state index in [1.807, 2.05) is 9.80 Å². The van der Waals surface area contributed by atoms with Crippen molar-refractivity contribution in [2.24, 2.45) is 0 Å². The average molecular weight is 439 g/mol. The van der Waals surface area contributed by atoms with Crippen molar-refractivity contribution < 1.29 is 9.53 Å². The van der Waals surface area contributed by atoms with Crippen molar-refractivity contribution in [2.75, 3.05) is 58.2 Å². The zero-order chi connectivity index (χ0) is 21.2. The molecule has 8 nitrogen and oxygen atoms in total. The quantitative estimate of drug-likeness (QED) is 0.676. The second kappa shape index (κ2) is 8.78. The molecule has 0 aliphatic carbocycles. The minimum absolute atomic E-state index is 0.154. The van der Waals surface area contributed by atoms with Gasteiger partial charge in [0.15, 0.2) is 0 Å². The SMILES string of the molecule is Nc1ncnc2sc(-c3ccc(CN4CCN(C(=O)N5CCOCC5)CC4)cc3)cc12. The van der Waals surface area contributed by atoms with Gasteiger partial charge >= 0.3 is 6.03 Å². The van der Waals surface area contributed by atoms with Gasteiger partial charge in [-0.15, -0.1) is 11.3 Å². The highest BCUT2D eigenvalue weighted by atomic mass is 32.1. The van der Waals surface area contributed by atoms with Crippen molar-refractivity contribution >= 4 is 33.4 Å². The number of fused-ring (bicyclic) bond motifs is 1. The lowest BCUT2D eigenvalue weighted by Crippen LogP contribution is -2.54. The third-order valence-corrected chi connectivity index (χ3v) is 7.02. The Bertz CT molecular complexity index is 1060. The summed E-state index contributed by atoms with van der Waals surface area (Å²) in [6, 6.07) is 10.9. The Morgan fingerprint density at radius 3 is 2.42 bits per heavy atom. The zero-order valence-electron chi connectivity index (χ0n) is 17.4. The molecule has 1 aromatic carbocycles. The number of rotatable bonds is 3. The van der Waals surface area contributed by atoms with Gasteiger partial charge in [-0.1, -0.05) is 24.3 Å². The van der Waals surface area contributed by atoms with Crippen LogP contribution in [0, 0.1) is 0 Å². The fourth-order valence-corrected chi connectivity index (χ4v) is 5.11. The molecule has 2 N–H and O–H groups in total. The largest absolute Gasteiger partial charge is 0.383 e. The topological polar surface area (TPSA) is 87.8 Å². The maximum Gasteiger partial charge on any atom is 0.320 e. The minimum Gasteiger partial charge on any atom is -0.383 e. The summed E-state index contributed by atoms with van der Waals surface area (Å²) in [6.45, 7) is 6.92. The van der Waals surface area contributed by atoms with Crippen molar-refractivity contribution in [1.82, 2.24) is 24.7 Å². The molecule has 0 spiro atoms. The molecule has 4 heterocycles. The summed E-state index contributed by atoms with van der Waals surface area (Å²) in [6.07, 6.45) is 1.51. The van der Waals surface area contributed by atoms with Crippen LogP contribution >= 0.6 is 11.3 Å². The molecule has 162 valence electrons. The number of benzene rings is 1. The van der Waals surface area contributed by atoms with Crippen LogP contribution < -0.4 is 5.73 Å². The van der Waals surface area contributed by atoms with Crippen LogP contribution in [0.1, 0.15) is 5.56 Å². The van der Waals surface area contributed by atoms with Gasteiger partial charge in [-0.2, -0.15) is 0 Å². The number of aromatic nitrogens is 2. The lowest BCUT2D eigenvalue weighted by Gasteiger charge is -2.38. The Hall–Kier alpha value is -2.75.